The summed E-state index contributed by atoms with van der Waals surface area (Å²) in [6, 6.07) is -0.478. The van der Waals surface area contributed by atoms with Crippen LogP contribution in [0.15, 0.2) is 24.7 Å². The predicted molar refractivity (Wildman–Crippen MR) is 70.4 cm³/mol. The molecule has 6 nitrogen and oxygen atoms in total. The van der Waals surface area contributed by atoms with Crippen LogP contribution in [-0.2, 0) is 6.54 Å². The van der Waals surface area contributed by atoms with Crippen LogP contribution in [0.4, 0.5) is 4.39 Å². The molecule has 0 amide bonds. The van der Waals surface area contributed by atoms with Gasteiger partial charge in [0.25, 0.3) is 0 Å². The van der Waals surface area contributed by atoms with Gasteiger partial charge in [0.2, 0.25) is 0 Å². The Morgan fingerprint density at radius 3 is 2.80 bits per heavy atom. The number of rotatable bonds is 3. The zero-order valence-corrected chi connectivity index (χ0v) is 10.9. The number of hydrogen-bond donors (Lipinski definition) is 3. The van der Waals surface area contributed by atoms with Crippen molar-refractivity contribution in [1.29, 1.82) is 0 Å². The second kappa shape index (κ2) is 4.93. The molecule has 2 heterocycles. The zero-order chi connectivity index (χ0) is 14.3. The van der Waals surface area contributed by atoms with Crippen LogP contribution in [0.1, 0.15) is 11.7 Å². The fourth-order valence-electron chi connectivity index (χ4n) is 2.52. The van der Waals surface area contributed by atoms with Crippen LogP contribution in [0.5, 0.6) is 0 Å². The molecule has 20 heavy (non-hydrogen) atoms. The average molecular weight is 278 g/mol. The lowest BCUT2D eigenvalue weighted by atomic mass is 10.1. The van der Waals surface area contributed by atoms with Crippen molar-refractivity contribution >= 4 is 11.0 Å². The lowest BCUT2D eigenvalue weighted by Gasteiger charge is -2.19. The third-order valence-electron chi connectivity index (χ3n) is 3.50. The van der Waals surface area contributed by atoms with Gasteiger partial charge in [0.15, 0.2) is 5.82 Å². The SMILES string of the molecule is CNCc1ncc(F)c2ncn(C3C=CC(O)C3O)c12. The first-order chi connectivity index (χ1) is 9.63. The normalized spacial score (nSPS) is 25.7. The van der Waals surface area contributed by atoms with Crippen LogP contribution >= 0.6 is 0 Å². The molecule has 1 aliphatic rings. The number of aromatic nitrogens is 3. The highest BCUT2D eigenvalue weighted by Crippen LogP contribution is 2.29. The zero-order valence-electron chi connectivity index (χ0n) is 10.9. The van der Waals surface area contributed by atoms with Crippen LogP contribution in [0, 0.1) is 5.82 Å². The van der Waals surface area contributed by atoms with Crippen molar-refractivity contribution < 1.29 is 14.6 Å². The highest BCUT2D eigenvalue weighted by atomic mass is 19.1. The molecule has 0 spiro atoms. The minimum absolute atomic E-state index is 0.215. The number of imidazole rings is 1. The van der Waals surface area contributed by atoms with Crippen LogP contribution in [0.3, 0.4) is 0 Å². The van der Waals surface area contributed by atoms with E-state index in [0.29, 0.717) is 17.8 Å². The highest BCUT2D eigenvalue weighted by molar-refractivity contribution is 5.78. The van der Waals surface area contributed by atoms with E-state index in [1.165, 1.54) is 12.4 Å². The van der Waals surface area contributed by atoms with Crippen molar-refractivity contribution in [1.82, 2.24) is 19.9 Å². The Morgan fingerprint density at radius 2 is 2.15 bits per heavy atom. The molecule has 2 aromatic heterocycles. The van der Waals surface area contributed by atoms with Crippen LogP contribution in [0.25, 0.3) is 11.0 Å². The van der Waals surface area contributed by atoms with Gasteiger partial charge >= 0.3 is 0 Å². The predicted octanol–water partition coefficient (Wildman–Crippen LogP) is 0.123. The van der Waals surface area contributed by atoms with Crippen molar-refractivity contribution in [3.63, 3.8) is 0 Å². The molecule has 0 bridgehead atoms. The maximum absolute atomic E-state index is 13.8. The van der Waals surface area contributed by atoms with Gasteiger partial charge in [0.05, 0.1) is 29.8 Å². The third-order valence-corrected chi connectivity index (χ3v) is 3.50. The minimum atomic E-state index is -0.974. The highest BCUT2D eigenvalue weighted by Gasteiger charge is 2.31. The van der Waals surface area contributed by atoms with Crippen LogP contribution < -0.4 is 5.32 Å². The Balaban J connectivity index is 2.17. The summed E-state index contributed by atoms with van der Waals surface area (Å²) in [5.41, 5.74) is 1.39. The van der Waals surface area contributed by atoms with E-state index >= 15 is 0 Å². The fraction of sp³-hybridized carbons (Fsp3) is 0.385. The second-order valence-electron chi connectivity index (χ2n) is 4.79. The molecule has 3 N–H and O–H groups in total. The van der Waals surface area contributed by atoms with Gasteiger partial charge in [0, 0.05) is 6.54 Å². The van der Waals surface area contributed by atoms with Crippen molar-refractivity contribution in [2.45, 2.75) is 24.8 Å². The molecule has 3 rings (SSSR count). The summed E-state index contributed by atoms with van der Waals surface area (Å²) in [6.45, 7) is 0.456. The molecule has 106 valence electrons. The van der Waals surface area contributed by atoms with E-state index in [-0.39, 0.29) is 5.52 Å². The number of nitrogens with zero attached hydrogens (tertiary/aromatic N) is 3. The largest absolute Gasteiger partial charge is 0.388 e. The maximum Gasteiger partial charge on any atom is 0.169 e. The van der Waals surface area contributed by atoms with Gasteiger partial charge in [-0.25, -0.2) is 9.37 Å². The van der Waals surface area contributed by atoms with Gasteiger partial charge in [-0.3, -0.25) is 4.98 Å². The quantitative estimate of drug-likeness (QED) is 0.695. The first-order valence-electron chi connectivity index (χ1n) is 6.32. The molecule has 0 saturated carbocycles. The molecule has 0 saturated heterocycles. The molecular formula is C13H15FN4O2. The molecule has 0 aliphatic heterocycles. The van der Waals surface area contributed by atoms with Gasteiger partial charge in [-0.15, -0.1) is 0 Å². The molecule has 3 unspecified atom stereocenters. The summed E-state index contributed by atoms with van der Waals surface area (Å²) in [4.78, 5) is 8.14. The van der Waals surface area contributed by atoms with E-state index in [9.17, 15) is 14.6 Å². The second-order valence-corrected chi connectivity index (χ2v) is 4.79. The topological polar surface area (TPSA) is 83.2 Å². The van der Waals surface area contributed by atoms with Crippen molar-refractivity contribution in [2.75, 3.05) is 7.05 Å². The number of hydrogen-bond acceptors (Lipinski definition) is 5. The lowest BCUT2D eigenvalue weighted by molar-refractivity contribution is 0.0376. The Kier molecular flexibility index (Phi) is 3.25. The average Bonchev–Trinajstić information content (AvgIpc) is 3.00. The van der Waals surface area contributed by atoms with E-state index in [0.717, 1.165) is 6.20 Å². The van der Waals surface area contributed by atoms with E-state index in [1.807, 2.05) is 0 Å². The molecule has 7 heteroatoms. The monoisotopic (exact) mass is 278 g/mol. The summed E-state index contributed by atoms with van der Waals surface area (Å²) in [5, 5.41) is 22.5. The lowest BCUT2D eigenvalue weighted by Crippen LogP contribution is -2.28. The summed E-state index contributed by atoms with van der Waals surface area (Å²) in [7, 11) is 1.77. The van der Waals surface area contributed by atoms with E-state index in [2.05, 4.69) is 15.3 Å². The number of nitrogens with one attached hydrogen (secondary N) is 1. The fourth-order valence-corrected chi connectivity index (χ4v) is 2.52. The number of halogens is 1. The van der Waals surface area contributed by atoms with Gasteiger partial charge in [-0.1, -0.05) is 12.2 Å². The van der Waals surface area contributed by atoms with E-state index in [4.69, 9.17) is 0 Å². The molecule has 3 atom stereocenters. The van der Waals surface area contributed by atoms with Crippen LogP contribution in [-0.4, -0.2) is 44.0 Å². The van der Waals surface area contributed by atoms with Crippen molar-refractivity contribution in [3.8, 4) is 0 Å². The first kappa shape index (κ1) is 13.2. The Bertz CT molecular complexity index is 670. The van der Waals surface area contributed by atoms with Gasteiger partial charge in [0.1, 0.15) is 17.7 Å². The molecule has 1 aliphatic carbocycles. The van der Waals surface area contributed by atoms with Crippen molar-refractivity contribution in [2.24, 2.45) is 0 Å². The van der Waals surface area contributed by atoms with Gasteiger partial charge in [-0.05, 0) is 7.05 Å². The van der Waals surface area contributed by atoms with Crippen LogP contribution in [0.2, 0.25) is 0 Å². The smallest absolute Gasteiger partial charge is 0.169 e. The number of aliphatic hydroxyl groups is 2. The molecule has 0 fully saturated rings. The van der Waals surface area contributed by atoms with E-state index < -0.39 is 24.1 Å². The number of aliphatic hydroxyl groups excluding tert-OH is 2. The Hall–Kier alpha value is -1.83. The first-order valence-corrected chi connectivity index (χ1v) is 6.32. The minimum Gasteiger partial charge on any atom is -0.388 e. The Morgan fingerprint density at radius 1 is 1.35 bits per heavy atom. The maximum atomic E-state index is 13.8. The summed E-state index contributed by atoms with van der Waals surface area (Å²) >= 11 is 0. The van der Waals surface area contributed by atoms with Crippen molar-refractivity contribution in [3.05, 3.63) is 36.2 Å². The molecular weight excluding hydrogens is 263 g/mol. The molecule has 0 aromatic carbocycles. The molecule has 2 aromatic rings. The number of fused-ring (bicyclic) bond motifs is 1. The molecule has 0 radical (unpaired) electrons. The summed E-state index contributed by atoms with van der Waals surface area (Å²) in [6.07, 6.45) is 3.91. The summed E-state index contributed by atoms with van der Waals surface area (Å²) < 4.78 is 15.4. The third kappa shape index (κ3) is 1.91. The number of pyridine rings is 1. The van der Waals surface area contributed by atoms with Gasteiger partial charge < -0.3 is 20.1 Å². The standard InChI is InChI=1S/C13H15FN4O2/c1-15-5-8-12-11(7(14)4-16-8)17-6-18(12)9-2-3-10(19)13(9)20/h2-4,6,9-10,13,15,19-20H,5H2,1H3. The Labute approximate surface area is 114 Å². The van der Waals surface area contributed by atoms with E-state index in [1.54, 1.807) is 17.7 Å². The van der Waals surface area contributed by atoms with Gasteiger partial charge in [-0.2, -0.15) is 0 Å². The summed E-state index contributed by atoms with van der Waals surface area (Å²) in [5.74, 6) is -0.504.